The van der Waals surface area contributed by atoms with Gasteiger partial charge >= 0.3 is 0 Å². The van der Waals surface area contributed by atoms with Gasteiger partial charge in [-0.15, -0.1) is 11.7 Å². The van der Waals surface area contributed by atoms with Gasteiger partial charge in [0.2, 0.25) is 10.5 Å². The van der Waals surface area contributed by atoms with Crippen molar-refractivity contribution in [2.24, 2.45) is 0 Å². The number of carbonyl (C=O) groups excluding carboxylic acids is 1. The molecule has 5 rings (SSSR count). The predicted molar refractivity (Wildman–Crippen MR) is 136 cm³/mol. The van der Waals surface area contributed by atoms with Gasteiger partial charge in [-0.05, 0) is 49.5 Å². The molecule has 1 aliphatic rings. The van der Waals surface area contributed by atoms with Crippen LogP contribution >= 0.6 is 12.2 Å². The number of carbonyl (C=O) groups is 1. The molecule has 180 valence electrons. The van der Waals surface area contributed by atoms with Gasteiger partial charge < -0.3 is 4.90 Å². The lowest BCUT2D eigenvalue weighted by atomic mass is 10.1. The van der Waals surface area contributed by atoms with E-state index in [-0.39, 0.29) is 17.2 Å². The van der Waals surface area contributed by atoms with E-state index in [9.17, 15) is 14.0 Å². The van der Waals surface area contributed by atoms with Crippen molar-refractivity contribution in [1.29, 1.82) is 0 Å². The summed E-state index contributed by atoms with van der Waals surface area (Å²) < 4.78 is 20.2. The molecule has 2 aromatic carbocycles. The zero-order chi connectivity index (χ0) is 24.7. The summed E-state index contributed by atoms with van der Waals surface area (Å²) in [4.78, 5) is 28.7. The van der Waals surface area contributed by atoms with Crippen LogP contribution in [0.25, 0.3) is 16.7 Å². The lowest BCUT2D eigenvalue weighted by Gasteiger charge is -2.36. The topological polar surface area (TPSA) is 67.8 Å². The number of anilines is 1. The highest BCUT2D eigenvalue weighted by Crippen LogP contribution is 2.23. The minimum absolute atomic E-state index is 0.133. The number of allylic oxidation sites excluding steroid dienone is 1. The molecule has 0 atom stereocenters. The Hall–Kier alpha value is -3.63. The Labute approximate surface area is 206 Å². The normalized spacial score (nSPS) is 14.6. The molecular formula is C25H25FN6O2S. The number of hydrogen-bond acceptors (Lipinski definition) is 6. The molecule has 0 unspecified atom stereocenters. The number of Topliss-reactive ketones (excluding diaryl/α,β-unsaturated/α-hetero) is 1. The standard InChI is InChI=1S/C25H25FN6O2S/c1-3-10-30-23(34)19-6-4-5-7-21(19)32-24(30)27-31(25(32)35)16-28-11-13-29(14-12-28)22-9-8-18(17(2)33)15-20(22)26/h3-9,15H,1,10-14,16H2,2H3. The third-order valence-corrected chi connectivity index (χ3v) is 6.79. The van der Waals surface area contributed by atoms with Gasteiger partial charge in [-0.2, -0.15) is 0 Å². The SMILES string of the molecule is C=CCn1c(=O)c2ccccc2n2c(=S)n(CN3CCN(c4ccc(C(C)=O)cc4F)CC3)nc12. The second kappa shape index (κ2) is 9.20. The van der Waals surface area contributed by atoms with Crippen LogP contribution in [0.4, 0.5) is 10.1 Å². The molecule has 4 aromatic rings. The van der Waals surface area contributed by atoms with Gasteiger partial charge in [0.25, 0.3) is 5.56 Å². The van der Waals surface area contributed by atoms with E-state index in [1.54, 1.807) is 33.5 Å². The highest BCUT2D eigenvalue weighted by molar-refractivity contribution is 7.71. The molecule has 0 bridgehead atoms. The summed E-state index contributed by atoms with van der Waals surface area (Å²) in [5, 5.41) is 5.27. The number of hydrogen-bond donors (Lipinski definition) is 0. The van der Waals surface area contributed by atoms with Crippen molar-refractivity contribution in [3.63, 3.8) is 0 Å². The van der Waals surface area contributed by atoms with Crippen molar-refractivity contribution in [2.75, 3.05) is 31.1 Å². The minimum Gasteiger partial charge on any atom is -0.367 e. The number of rotatable bonds is 6. The summed E-state index contributed by atoms with van der Waals surface area (Å²) >= 11 is 5.77. The second-order valence-electron chi connectivity index (χ2n) is 8.61. The molecule has 0 amide bonds. The second-order valence-corrected chi connectivity index (χ2v) is 8.97. The molecular weight excluding hydrogens is 467 g/mol. The minimum atomic E-state index is -0.388. The summed E-state index contributed by atoms with van der Waals surface area (Å²) in [6, 6.07) is 12.0. The Balaban J connectivity index is 1.41. The van der Waals surface area contributed by atoms with Crippen LogP contribution in [0.15, 0.2) is 59.9 Å². The van der Waals surface area contributed by atoms with Crippen LogP contribution in [0.5, 0.6) is 0 Å². The first-order valence-electron chi connectivity index (χ1n) is 11.4. The van der Waals surface area contributed by atoms with E-state index in [1.807, 2.05) is 27.5 Å². The maximum Gasteiger partial charge on any atom is 0.263 e. The molecule has 35 heavy (non-hydrogen) atoms. The van der Waals surface area contributed by atoms with Crippen LogP contribution < -0.4 is 10.5 Å². The van der Waals surface area contributed by atoms with Crippen molar-refractivity contribution in [1.82, 2.24) is 23.6 Å². The fourth-order valence-corrected chi connectivity index (χ4v) is 4.83. The average molecular weight is 493 g/mol. The van der Waals surface area contributed by atoms with Gasteiger partial charge in [0.15, 0.2) is 5.78 Å². The van der Waals surface area contributed by atoms with Gasteiger partial charge in [0.05, 0.1) is 23.3 Å². The number of piperazine rings is 1. The number of nitrogens with zero attached hydrogens (tertiary/aromatic N) is 6. The Morgan fingerprint density at radius 2 is 1.91 bits per heavy atom. The number of para-hydroxylation sites is 1. The summed E-state index contributed by atoms with van der Waals surface area (Å²) in [6.45, 7) is 8.60. The first-order chi connectivity index (χ1) is 16.9. The molecule has 0 aliphatic carbocycles. The largest absolute Gasteiger partial charge is 0.367 e. The Bertz CT molecular complexity index is 1580. The van der Waals surface area contributed by atoms with Crippen molar-refractivity contribution in [2.45, 2.75) is 20.1 Å². The molecule has 0 spiro atoms. The maximum atomic E-state index is 14.6. The molecule has 10 heteroatoms. The average Bonchev–Trinajstić information content (AvgIpc) is 3.18. The van der Waals surface area contributed by atoms with Crippen molar-refractivity contribution >= 4 is 40.4 Å². The Morgan fingerprint density at radius 3 is 2.60 bits per heavy atom. The van der Waals surface area contributed by atoms with E-state index < -0.39 is 0 Å². The van der Waals surface area contributed by atoms with Crippen LogP contribution in [-0.2, 0) is 13.2 Å². The quantitative estimate of drug-likeness (QED) is 0.233. The predicted octanol–water partition coefficient (Wildman–Crippen LogP) is 3.49. The summed E-state index contributed by atoms with van der Waals surface area (Å²) in [5.74, 6) is -0.0681. The summed E-state index contributed by atoms with van der Waals surface area (Å²) in [7, 11) is 0. The van der Waals surface area contributed by atoms with Crippen molar-refractivity contribution in [3.8, 4) is 0 Å². The van der Waals surface area contributed by atoms with Gasteiger partial charge in [-0.25, -0.2) is 9.07 Å². The molecule has 0 N–H and O–H groups in total. The summed E-state index contributed by atoms with van der Waals surface area (Å²) in [5.41, 5.74) is 1.46. The van der Waals surface area contributed by atoms with E-state index in [2.05, 4.69) is 11.5 Å². The molecule has 3 heterocycles. The molecule has 0 radical (unpaired) electrons. The monoisotopic (exact) mass is 492 g/mol. The van der Waals surface area contributed by atoms with Gasteiger partial charge in [0.1, 0.15) is 5.82 Å². The van der Waals surface area contributed by atoms with E-state index in [1.165, 1.54) is 13.0 Å². The lowest BCUT2D eigenvalue weighted by molar-refractivity contribution is 0.101. The lowest BCUT2D eigenvalue weighted by Crippen LogP contribution is -2.47. The van der Waals surface area contributed by atoms with Crippen LogP contribution in [-0.4, -0.2) is 55.6 Å². The van der Waals surface area contributed by atoms with Crippen molar-refractivity contribution < 1.29 is 9.18 Å². The number of ketones is 1. The fraction of sp³-hybridized carbons (Fsp3) is 0.280. The zero-order valence-electron chi connectivity index (χ0n) is 19.4. The van der Waals surface area contributed by atoms with Gasteiger partial charge in [-0.1, -0.05) is 18.2 Å². The smallest absolute Gasteiger partial charge is 0.263 e. The number of benzene rings is 2. The first-order valence-corrected chi connectivity index (χ1v) is 11.8. The highest BCUT2D eigenvalue weighted by Gasteiger charge is 2.22. The molecule has 1 saturated heterocycles. The van der Waals surface area contributed by atoms with Gasteiger partial charge in [-0.3, -0.25) is 23.5 Å². The van der Waals surface area contributed by atoms with E-state index in [4.69, 9.17) is 17.3 Å². The Kier molecular flexibility index (Phi) is 6.08. The molecule has 0 saturated carbocycles. The Morgan fingerprint density at radius 1 is 1.17 bits per heavy atom. The third-order valence-electron chi connectivity index (χ3n) is 6.40. The van der Waals surface area contributed by atoms with Crippen LogP contribution in [0.3, 0.4) is 0 Å². The van der Waals surface area contributed by atoms with Crippen LogP contribution in [0, 0.1) is 10.6 Å². The van der Waals surface area contributed by atoms with Crippen molar-refractivity contribution in [3.05, 3.63) is 81.6 Å². The molecule has 2 aromatic heterocycles. The first kappa shape index (κ1) is 23.1. The van der Waals surface area contributed by atoms with E-state index >= 15 is 0 Å². The van der Waals surface area contributed by atoms with E-state index in [0.717, 1.165) is 5.52 Å². The number of fused-ring (bicyclic) bond motifs is 3. The van der Waals surface area contributed by atoms with E-state index in [0.29, 0.717) is 66.6 Å². The zero-order valence-corrected chi connectivity index (χ0v) is 20.2. The van der Waals surface area contributed by atoms with Gasteiger partial charge in [0, 0.05) is 38.3 Å². The third kappa shape index (κ3) is 4.08. The van der Waals surface area contributed by atoms with Crippen LogP contribution in [0.2, 0.25) is 0 Å². The summed E-state index contributed by atoms with van der Waals surface area (Å²) in [6.07, 6.45) is 1.67. The molecule has 1 aliphatic heterocycles. The van der Waals surface area contributed by atoms with Crippen LogP contribution in [0.1, 0.15) is 17.3 Å². The maximum absolute atomic E-state index is 14.6. The molecule has 1 fully saturated rings. The number of halogens is 1. The fourth-order valence-electron chi connectivity index (χ4n) is 4.56. The highest BCUT2D eigenvalue weighted by atomic mass is 32.1. The number of aromatic nitrogens is 4. The molecule has 8 nitrogen and oxygen atoms in total.